The number of piperidine rings is 1. The molecule has 1 heterocycles. The van der Waals surface area contributed by atoms with Crippen LogP contribution in [0.5, 0.6) is 11.5 Å². The predicted octanol–water partition coefficient (Wildman–Crippen LogP) is 3.54. The van der Waals surface area contributed by atoms with E-state index in [1.807, 2.05) is 0 Å². The summed E-state index contributed by atoms with van der Waals surface area (Å²) < 4.78 is 35.4. The van der Waals surface area contributed by atoms with Crippen LogP contribution in [0.4, 0.5) is 4.39 Å². The molecule has 36 heavy (non-hydrogen) atoms. The first-order valence-corrected chi connectivity index (χ1v) is 12.1. The van der Waals surface area contributed by atoms with Crippen LogP contribution < -0.4 is 20.1 Å². The van der Waals surface area contributed by atoms with E-state index < -0.39 is 11.6 Å². The summed E-state index contributed by atoms with van der Waals surface area (Å²) in [5, 5.41) is 7.04. The summed E-state index contributed by atoms with van der Waals surface area (Å²) in [6.45, 7) is 3.40. The molecular weight excluding hydrogens is 491 g/mol. The molecule has 0 amide bonds. The maximum absolute atomic E-state index is 13.5. The highest BCUT2D eigenvalue weighted by Gasteiger charge is 2.42. The number of benzene rings is 2. The van der Waals surface area contributed by atoms with E-state index in [0.29, 0.717) is 44.6 Å². The van der Waals surface area contributed by atoms with Gasteiger partial charge in [-0.15, -0.1) is 0 Å². The summed E-state index contributed by atoms with van der Waals surface area (Å²) in [6.07, 6.45) is 1.79. The highest BCUT2D eigenvalue weighted by Crippen LogP contribution is 2.33. The highest BCUT2D eigenvalue weighted by molar-refractivity contribution is 6.32. The van der Waals surface area contributed by atoms with E-state index in [4.69, 9.17) is 30.5 Å². The van der Waals surface area contributed by atoms with Crippen LogP contribution in [0.3, 0.4) is 0 Å². The normalized spacial score (nSPS) is 15.6. The Balaban J connectivity index is 1.77. The Morgan fingerprint density at radius 2 is 1.83 bits per heavy atom. The molecule has 1 aliphatic rings. The zero-order valence-corrected chi connectivity index (χ0v) is 21.5. The summed E-state index contributed by atoms with van der Waals surface area (Å²) in [6, 6.07) is 9.01. The van der Waals surface area contributed by atoms with Crippen molar-refractivity contribution in [3.05, 3.63) is 58.4 Å². The lowest BCUT2D eigenvalue weighted by Gasteiger charge is -2.43. The number of ether oxygens (including phenoxy) is 4. The van der Waals surface area contributed by atoms with Crippen molar-refractivity contribution in [2.24, 2.45) is 0 Å². The van der Waals surface area contributed by atoms with Gasteiger partial charge in [-0.1, -0.05) is 23.7 Å². The number of methoxy groups -OCH3 is 2. The van der Waals surface area contributed by atoms with Gasteiger partial charge in [0, 0.05) is 32.4 Å². The lowest BCUT2D eigenvalue weighted by Crippen LogP contribution is -2.59. The summed E-state index contributed by atoms with van der Waals surface area (Å²) >= 11 is 6.16. The maximum Gasteiger partial charge on any atom is 0.341 e. The molecule has 8 nitrogen and oxygen atoms in total. The van der Waals surface area contributed by atoms with Crippen LogP contribution in [-0.4, -0.2) is 64.0 Å². The minimum Gasteiger partial charge on any atom is -0.495 e. The lowest BCUT2D eigenvalue weighted by atomic mass is 9.81. The Bertz CT molecular complexity index is 1040. The first-order valence-electron chi connectivity index (χ1n) is 11.7. The van der Waals surface area contributed by atoms with E-state index in [0.717, 1.165) is 5.56 Å². The van der Waals surface area contributed by atoms with E-state index in [2.05, 4.69) is 10.6 Å². The molecule has 1 saturated heterocycles. The van der Waals surface area contributed by atoms with Crippen LogP contribution in [0.2, 0.25) is 5.02 Å². The predicted molar refractivity (Wildman–Crippen MR) is 133 cm³/mol. The summed E-state index contributed by atoms with van der Waals surface area (Å²) in [5.41, 5.74) is 0.364. The van der Waals surface area contributed by atoms with Crippen LogP contribution in [0.15, 0.2) is 36.4 Å². The van der Waals surface area contributed by atoms with Crippen molar-refractivity contribution in [3.8, 4) is 11.5 Å². The largest absolute Gasteiger partial charge is 0.495 e. The van der Waals surface area contributed by atoms with Gasteiger partial charge >= 0.3 is 11.9 Å². The number of nitrogens with one attached hydrogen (secondary N) is 2. The SMILES string of the molecule is COC(=O)c1cc(Cl)c(OC)cc1OCCNC(Cc1ccc(F)cc1)C1(OC(C)=O)CCNCC1. The maximum atomic E-state index is 13.5. The fourth-order valence-electron chi connectivity index (χ4n) is 4.43. The van der Waals surface area contributed by atoms with Gasteiger partial charge in [0.2, 0.25) is 0 Å². The molecule has 3 rings (SSSR count). The molecule has 1 unspecified atom stereocenters. The van der Waals surface area contributed by atoms with Crippen molar-refractivity contribution in [3.63, 3.8) is 0 Å². The fraction of sp³-hybridized carbons (Fsp3) is 0.462. The Morgan fingerprint density at radius 1 is 1.14 bits per heavy atom. The first kappa shape index (κ1) is 27.7. The van der Waals surface area contributed by atoms with E-state index in [9.17, 15) is 14.0 Å². The highest BCUT2D eigenvalue weighted by atomic mass is 35.5. The van der Waals surface area contributed by atoms with Gasteiger partial charge in [-0.3, -0.25) is 4.79 Å². The molecule has 2 aromatic carbocycles. The van der Waals surface area contributed by atoms with E-state index >= 15 is 0 Å². The fourth-order valence-corrected chi connectivity index (χ4v) is 4.67. The van der Waals surface area contributed by atoms with Gasteiger partial charge in [-0.2, -0.15) is 0 Å². The number of carbonyl (C=O) groups excluding carboxylic acids is 2. The van der Waals surface area contributed by atoms with Crippen LogP contribution >= 0.6 is 11.6 Å². The number of rotatable bonds is 11. The number of carbonyl (C=O) groups is 2. The molecule has 1 fully saturated rings. The standard InChI is InChI=1S/C26H32ClFN2O6/c1-17(31)36-26(8-10-29-11-9-26)24(14-18-4-6-19(28)7-5-18)30-12-13-35-22-16-23(33-2)21(27)15-20(22)25(32)34-3/h4-7,15-16,24,29-30H,8-14H2,1-3H3. The molecular formula is C26H32ClFN2O6. The lowest BCUT2D eigenvalue weighted by molar-refractivity contribution is -0.164. The van der Waals surface area contributed by atoms with Gasteiger partial charge in [-0.05, 0) is 43.3 Å². The third-order valence-electron chi connectivity index (χ3n) is 6.19. The minimum atomic E-state index is -0.730. The third kappa shape index (κ3) is 7.09. The molecule has 0 aromatic heterocycles. The average molecular weight is 523 g/mol. The molecule has 0 spiro atoms. The van der Waals surface area contributed by atoms with Crippen LogP contribution in [0.25, 0.3) is 0 Å². The summed E-state index contributed by atoms with van der Waals surface area (Å²) in [5.74, 6) is -0.607. The summed E-state index contributed by atoms with van der Waals surface area (Å²) in [7, 11) is 2.75. The van der Waals surface area contributed by atoms with Gasteiger partial charge in [0.1, 0.15) is 35.1 Å². The van der Waals surface area contributed by atoms with Crippen LogP contribution in [-0.2, 0) is 20.7 Å². The number of halogens is 2. The molecule has 10 heteroatoms. The van der Waals surface area contributed by atoms with Gasteiger partial charge in [0.05, 0.1) is 25.3 Å². The van der Waals surface area contributed by atoms with Crippen LogP contribution in [0.1, 0.15) is 35.7 Å². The number of hydrogen-bond donors (Lipinski definition) is 2. The Kier molecular flexibility index (Phi) is 9.92. The second kappa shape index (κ2) is 12.9. The molecule has 2 N–H and O–H groups in total. The topological polar surface area (TPSA) is 95.1 Å². The van der Waals surface area contributed by atoms with Crippen LogP contribution in [0, 0.1) is 5.82 Å². The average Bonchev–Trinajstić information content (AvgIpc) is 2.87. The Morgan fingerprint density at radius 3 is 2.44 bits per heavy atom. The molecule has 1 aliphatic heterocycles. The molecule has 0 saturated carbocycles. The number of esters is 2. The molecule has 0 aliphatic carbocycles. The summed E-state index contributed by atoms with van der Waals surface area (Å²) in [4.78, 5) is 24.2. The second-order valence-corrected chi connectivity index (χ2v) is 8.98. The minimum absolute atomic E-state index is 0.181. The number of hydrogen-bond acceptors (Lipinski definition) is 8. The quantitative estimate of drug-likeness (QED) is 0.342. The second-order valence-electron chi connectivity index (χ2n) is 8.57. The van der Waals surface area contributed by atoms with Crippen molar-refractivity contribution in [2.45, 2.75) is 37.8 Å². The van der Waals surface area contributed by atoms with E-state index in [1.54, 1.807) is 12.1 Å². The van der Waals surface area contributed by atoms with Crippen molar-refractivity contribution >= 4 is 23.5 Å². The smallest absolute Gasteiger partial charge is 0.341 e. The molecule has 0 radical (unpaired) electrons. The zero-order valence-electron chi connectivity index (χ0n) is 20.7. The van der Waals surface area contributed by atoms with Crippen molar-refractivity contribution in [1.82, 2.24) is 10.6 Å². The van der Waals surface area contributed by atoms with E-state index in [-0.39, 0.29) is 40.8 Å². The van der Waals surface area contributed by atoms with Crippen molar-refractivity contribution < 1.29 is 32.9 Å². The van der Waals surface area contributed by atoms with Gasteiger partial charge in [0.25, 0.3) is 0 Å². The monoisotopic (exact) mass is 522 g/mol. The van der Waals surface area contributed by atoms with Gasteiger partial charge in [-0.25, -0.2) is 9.18 Å². The van der Waals surface area contributed by atoms with Gasteiger partial charge < -0.3 is 29.6 Å². The van der Waals surface area contributed by atoms with E-state index in [1.165, 1.54) is 45.4 Å². The third-order valence-corrected chi connectivity index (χ3v) is 6.49. The zero-order chi connectivity index (χ0) is 26.1. The van der Waals surface area contributed by atoms with Crippen molar-refractivity contribution in [2.75, 3.05) is 40.5 Å². The van der Waals surface area contributed by atoms with Gasteiger partial charge in [0.15, 0.2) is 0 Å². The van der Waals surface area contributed by atoms with Crippen molar-refractivity contribution in [1.29, 1.82) is 0 Å². The first-order chi connectivity index (χ1) is 17.3. The molecule has 0 bridgehead atoms. The molecule has 2 aromatic rings. The Hall–Kier alpha value is -2.88. The molecule has 196 valence electrons. The molecule has 1 atom stereocenters. The Labute approximate surface area is 215 Å².